The van der Waals surface area contributed by atoms with Gasteiger partial charge in [-0.1, -0.05) is 12.8 Å². The quantitative estimate of drug-likeness (QED) is 0.502. The molecule has 2 N–H and O–H groups in total. The van der Waals surface area contributed by atoms with Crippen molar-refractivity contribution in [1.82, 2.24) is 20.4 Å². The van der Waals surface area contributed by atoms with Crippen LogP contribution in [-0.4, -0.2) is 65.3 Å². The van der Waals surface area contributed by atoms with Crippen molar-refractivity contribution < 1.29 is 19.2 Å². The van der Waals surface area contributed by atoms with Gasteiger partial charge in [-0.05, 0) is 38.0 Å². The maximum atomic E-state index is 12.6. The second-order valence-electron chi connectivity index (χ2n) is 8.46. The van der Waals surface area contributed by atoms with Crippen LogP contribution in [-0.2, 0) is 14.4 Å². The molecule has 0 aromatic rings. The Kier molecular flexibility index (Phi) is 4.82. The van der Waals surface area contributed by atoms with Crippen LogP contribution >= 0.6 is 0 Å². The summed E-state index contributed by atoms with van der Waals surface area (Å²) in [5.41, 5.74) is -0.671. The molecule has 27 heavy (non-hydrogen) atoms. The monoisotopic (exact) mass is 376 g/mol. The number of amides is 5. The Labute approximate surface area is 159 Å². The summed E-state index contributed by atoms with van der Waals surface area (Å²) in [6.07, 6.45) is 6.55. The number of imide groups is 1. The zero-order chi connectivity index (χ0) is 19.0. The van der Waals surface area contributed by atoms with Gasteiger partial charge in [-0.2, -0.15) is 0 Å². The molecule has 0 bridgehead atoms. The highest BCUT2D eigenvalue weighted by Gasteiger charge is 2.52. The van der Waals surface area contributed by atoms with Crippen LogP contribution in [0.2, 0.25) is 0 Å². The van der Waals surface area contributed by atoms with Crippen molar-refractivity contribution in [3.63, 3.8) is 0 Å². The van der Waals surface area contributed by atoms with Crippen molar-refractivity contribution in [2.75, 3.05) is 26.2 Å². The molecule has 5 amide bonds. The smallest absolute Gasteiger partial charge is 0.325 e. The van der Waals surface area contributed by atoms with E-state index < -0.39 is 5.54 Å². The lowest BCUT2D eigenvalue weighted by Crippen LogP contribution is -2.44. The van der Waals surface area contributed by atoms with Gasteiger partial charge < -0.3 is 15.5 Å². The van der Waals surface area contributed by atoms with Gasteiger partial charge in [0.2, 0.25) is 11.8 Å². The molecule has 8 heteroatoms. The van der Waals surface area contributed by atoms with Crippen LogP contribution in [0.5, 0.6) is 0 Å². The fraction of sp³-hybridized carbons (Fsp3) is 0.789. The van der Waals surface area contributed by atoms with E-state index in [1.807, 2.05) is 4.90 Å². The van der Waals surface area contributed by atoms with Crippen molar-refractivity contribution in [2.45, 2.75) is 56.9 Å². The first-order valence-corrected chi connectivity index (χ1v) is 10.2. The Morgan fingerprint density at radius 1 is 1.19 bits per heavy atom. The summed E-state index contributed by atoms with van der Waals surface area (Å²) in [6, 6.07) is -0.315. The number of carbonyl (C=O) groups excluding carboxylic acids is 4. The van der Waals surface area contributed by atoms with Crippen LogP contribution in [0.1, 0.15) is 51.4 Å². The molecule has 8 nitrogen and oxygen atoms in total. The van der Waals surface area contributed by atoms with Gasteiger partial charge in [-0.25, -0.2) is 4.79 Å². The standard InChI is InChI=1S/C19H28N4O4/c24-15-10-14(12-22(15)11-13-4-5-13)16(25)20-8-3-9-23-17(26)19(21-18(23)27)6-1-2-7-19/h13-14H,1-12H2,(H,20,25)(H,21,27)/t14-/m0/s1. The number of hydrogen-bond acceptors (Lipinski definition) is 4. The Morgan fingerprint density at radius 3 is 2.63 bits per heavy atom. The first-order chi connectivity index (χ1) is 13.0. The Balaban J connectivity index is 1.19. The van der Waals surface area contributed by atoms with Gasteiger partial charge in [-0.3, -0.25) is 19.3 Å². The summed E-state index contributed by atoms with van der Waals surface area (Å²) in [4.78, 5) is 52.1. The maximum absolute atomic E-state index is 12.6. The van der Waals surface area contributed by atoms with Crippen molar-refractivity contribution in [1.29, 1.82) is 0 Å². The molecule has 2 aliphatic heterocycles. The lowest BCUT2D eigenvalue weighted by atomic mass is 9.98. The highest BCUT2D eigenvalue weighted by atomic mass is 16.2. The largest absolute Gasteiger partial charge is 0.356 e. The van der Waals surface area contributed by atoms with Gasteiger partial charge in [-0.15, -0.1) is 0 Å². The molecular formula is C19H28N4O4. The van der Waals surface area contributed by atoms with Gasteiger partial charge in [0.25, 0.3) is 5.91 Å². The molecule has 148 valence electrons. The van der Waals surface area contributed by atoms with Gasteiger partial charge in [0.15, 0.2) is 0 Å². The predicted molar refractivity (Wildman–Crippen MR) is 96.5 cm³/mol. The summed E-state index contributed by atoms with van der Waals surface area (Å²) in [6.45, 7) is 2.01. The van der Waals surface area contributed by atoms with E-state index in [1.54, 1.807) is 0 Å². The van der Waals surface area contributed by atoms with E-state index in [0.717, 1.165) is 32.2 Å². The first-order valence-electron chi connectivity index (χ1n) is 10.2. The molecule has 2 saturated carbocycles. The third-order valence-electron chi connectivity index (χ3n) is 6.32. The number of nitrogens with zero attached hydrogens (tertiary/aromatic N) is 2. The topological polar surface area (TPSA) is 98.8 Å². The zero-order valence-corrected chi connectivity index (χ0v) is 15.7. The van der Waals surface area contributed by atoms with Crippen LogP contribution in [0.15, 0.2) is 0 Å². The molecule has 0 aromatic carbocycles. The highest BCUT2D eigenvalue weighted by molar-refractivity contribution is 6.07. The van der Waals surface area contributed by atoms with Crippen LogP contribution in [0.4, 0.5) is 4.79 Å². The number of carbonyl (C=O) groups is 4. The van der Waals surface area contributed by atoms with Crippen molar-refractivity contribution >= 4 is 23.8 Å². The van der Waals surface area contributed by atoms with Crippen molar-refractivity contribution in [2.24, 2.45) is 11.8 Å². The van der Waals surface area contributed by atoms with Gasteiger partial charge in [0, 0.05) is 32.6 Å². The minimum absolute atomic E-state index is 0.0725. The molecule has 4 fully saturated rings. The van der Waals surface area contributed by atoms with E-state index >= 15 is 0 Å². The molecule has 0 aromatic heterocycles. The Hall–Kier alpha value is -2.12. The van der Waals surface area contributed by atoms with Crippen LogP contribution in [0.3, 0.4) is 0 Å². The SMILES string of the molecule is O=C(NCCCN1C(=O)NC2(CCCC2)C1=O)[C@H]1CC(=O)N(CC2CC2)C1. The molecule has 1 atom stereocenters. The summed E-state index contributed by atoms with van der Waals surface area (Å²) >= 11 is 0. The third-order valence-corrected chi connectivity index (χ3v) is 6.32. The molecule has 4 aliphatic rings. The maximum Gasteiger partial charge on any atom is 0.325 e. The Morgan fingerprint density at radius 2 is 1.93 bits per heavy atom. The minimum atomic E-state index is -0.671. The molecular weight excluding hydrogens is 348 g/mol. The third kappa shape index (κ3) is 3.66. The van der Waals surface area contributed by atoms with E-state index in [-0.39, 0.29) is 36.1 Å². The lowest BCUT2D eigenvalue weighted by Gasteiger charge is -2.20. The van der Waals surface area contributed by atoms with E-state index in [4.69, 9.17) is 0 Å². The molecule has 2 aliphatic carbocycles. The normalized spacial score (nSPS) is 27.0. The zero-order valence-electron chi connectivity index (χ0n) is 15.7. The molecule has 4 rings (SSSR count). The van der Waals surface area contributed by atoms with E-state index in [0.29, 0.717) is 32.0 Å². The number of nitrogens with one attached hydrogen (secondary N) is 2. The number of rotatable bonds is 7. The molecule has 1 spiro atoms. The minimum Gasteiger partial charge on any atom is -0.356 e. The summed E-state index contributed by atoms with van der Waals surface area (Å²) < 4.78 is 0. The van der Waals surface area contributed by atoms with Crippen LogP contribution in [0.25, 0.3) is 0 Å². The lowest BCUT2D eigenvalue weighted by molar-refractivity contribution is -0.131. The second kappa shape index (κ2) is 7.13. The summed E-state index contributed by atoms with van der Waals surface area (Å²) in [7, 11) is 0. The van der Waals surface area contributed by atoms with Gasteiger partial charge in [0.1, 0.15) is 5.54 Å². The fourth-order valence-electron chi connectivity index (χ4n) is 4.53. The fourth-order valence-corrected chi connectivity index (χ4v) is 4.53. The van der Waals surface area contributed by atoms with Gasteiger partial charge in [0.05, 0.1) is 5.92 Å². The van der Waals surface area contributed by atoms with Crippen LogP contribution < -0.4 is 10.6 Å². The number of hydrogen-bond donors (Lipinski definition) is 2. The predicted octanol–water partition coefficient (Wildman–Crippen LogP) is 0.616. The van der Waals surface area contributed by atoms with E-state index in [1.165, 1.54) is 17.7 Å². The number of likely N-dealkylation sites (tertiary alicyclic amines) is 1. The Bertz CT molecular complexity index is 654. The second-order valence-corrected chi connectivity index (χ2v) is 8.46. The molecule has 0 radical (unpaired) electrons. The average Bonchev–Trinajstić information content (AvgIpc) is 3.11. The molecule has 2 saturated heterocycles. The molecule has 0 unspecified atom stereocenters. The first kappa shape index (κ1) is 18.3. The van der Waals surface area contributed by atoms with Crippen LogP contribution in [0, 0.1) is 11.8 Å². The molecule has 2 heterocycles. The van der Waals surface area contributed by atoms with Gasteiger partial charge >= 0.3 is 6.03 Å². The highest BCUT2D eigenvalue weighted by Crippen LogP contribution is 2.35. The average molecular weight is 376 g/mol. The van der Waals surface area contributed by atoms with Crippen molar-refractivity contribution in [3.8, 4) is 0 Å². The summed E-state index contributed by atoms with van der Waals surface area (Å²) in [5.74, 6) is 0.195. The van der Waals surface area contributed by atoms with Crippen molar-refractivity contribution in [3.05, 3.63) is 0 Å². The van der Waals surface area contributed by atoms with E-state index in [2.05, 4.69) is 10.6 Å². The number of urea groups is 1. The summed E-state index contributed by atoms with van der Waals surface area (Å²) in [5, 5.41) is 5.72. The van der Waals surface area contributed by atoms with E-state index in [9.17, 15) is 19.2 Å².